The Hall–Kier alpha value is -2.08. The van der Waals surface area contributed by atoms with Crippen molar-refractivity contribution >= 4 is 24.7 Å². The molecule has 130 valence electrons. The molecule has 3 rings (SSSR count). The van der Waals surface area contributed by atoms with E-state index in [9.17, 15) is 19.6 Å². The van der Waals surface area contributed by atoms with Gasteiger partial charge in [0.25, 0.3) is 5.56 Å². The van der Waals surface area contributed by atoms with Crippen LogP contribution in [0.2, 0.25) is 0 Å². The van der Waals surface area contributed by atoms with Crippen molar-refractivity contribution in [2.45, 2.75) is 24.5 Å². The molecule has 12 nitrogen and oxygen atoms in total. The van der Waals surface area contributed by atoms with Crippen LogP contribution in [0, 0.1) is 0 Å². The molecular weight excluding hydrogens is 345 g/mol. The molecule has 1 saturated heterocycles. The summed E-state index contributed by atoms with van der Waals surface area (Å²) >= 11 is 0. The Labute approximate surface area is 133 Å². The maximum atomic E-state index is 11.7. The Bertz CT molecular complexity index is 902. The zero-order valence-electron chi connectivity index (χ0n) is 11.9. The van der Waals surface area contributed by atoms with Crippen LogP contribution >= 0.6 is 7.60 Å². The van der Waals surface area contributed by atoms with E-state index in [1.54, 1.807) is 0 Å². The number of hydrogen-bond acceptors (Lipinski definition) is 8. The number of nitrogens with one attached hydrogen (secondary N) is 1. The van der Waals surface area contributed by atoms with Crippen LogP contribution in [0.5, 0.6) is 0 Å². The van der Waals surface area contributed by atoms with Crippen molar-refractivity contribution in [1.82, 2.24) is 19.5 Å². The normalized spacial score (nSPS) is 28.2. The third kappa shape index (κ3) is 2.98. The van der Waals surface area contributed by atoms with Crippen molar-refractivity contribution < 1.29 is 29.3 Å². The monoisotopic (exact) mass is 359 g/mol. The minimum atomic E-state index is -4.44. The topological polar surface area (TPSA) is 197 Å². The molecule has 0 radical (unpaired) electrons. The minimum Gasteiger partial charge on any atom is -0.387 e. The van der Waals surface area contributed by atoms with E-state index >= 15 is 0 Å². The number of fused-ring (bicyclic) bond motifs is 1. The molecule has 7 N–H and O–H groups in total. The Balaban J connectivity index is 1.97. The molecule has 2 aromatic heterocycles. The summed E-state index contributed by atoms with van der Waals surface area (Å²) in [5.74, 6) is 0.406. The zero-order chi connectivity index (χ0) is 17.6. The molecule has 0 aliphatic carbocycles. The van der Waals surface area contributed by atoms with E-state index in [1.807, 2.05) is 0 Å². The van der Waals surface area contributed by atoms with Crippen molar-refractivity contribution in [2.75, 3.05) is 5.73 Å². The summed E-state index contributed by atoms with van der Waals surface area (Å²) in [6.45, 7) is 0. The average molecular weight is 359 g/mol. The lowest BCUT2D eigenvalue weighted by molar-refractivity contribution is -0.0244. The fourth-order valence-electron chi connectivity index (χ4n) is 2.40. The van der Waals surface area contributed by atoms with E-state index in [0.717, 1.165) is 6.08 Å². The third-order valence-electron chi connectivity index (χ3n) is 3.47. The molecule has 3 heterocycles. The Morgan fingerprint density at radius 2 is 2.08 bits per heavy atom. The Morgan fingerprint density at radius 3 is 2.75 bits per heavy atom. The molecule has 0 aromatic carbocycles. The van der Waals surface area contributed by atoms with Gasteiger partial charge in [0.2, 0.25) is 5.95 Å². The van der Waals surface area contributed by atoms with Crippen LogP contribution in [0.15, 0.2) is 23.0 Å². The molecule has 1 unspecified atom stereocenters. The highest BCUT2D eigenvalue weighted by molar-refractivity contribution is 7.55. The lowest BCUT2D eigenvalue weighted by Gasteiger charge is -2.16. The lowest BCUT2D eigenvalue weighted by Crippen LogP contribution is -2.30. The fraction of sp³-hybridized carbons (Fsp3) is 0.364. The molecule has 0 saturated carbocycles. The van der Waals surface area contributed by atoms with Gasteiger partial charge in [0.15, 0.2) is 17.4 Å². The number of aliphatic hydroxyl groups excluding tert-OH is 2. The molecule has 1 fully saturated rings. The van der Waals surface area contributed by atoms with E-state index < -0.39 is 37.7 Å². The van der Waals surface area contributed by atoms with Gasteiger partial charge in [-0.1, -0.05) is 0 Å². The number of nitrogens with zero attached hydrogens (tertiary/aromatic N) is 3. The number of nitrogen functional groups attached to an aromatic ring is 1. The second kappa shape index (κ2) is 5.77. The summed E-state index contributed by atoms with van der Waals surface area (Å²) in [5.41, 5.74) is 4.89. The minimum absolute atomic E-state index is 0.0344. The molecule has 4 atom stereocenters. The smallest absolute Gasteiger partial charge is 0.348 e. The van der Waals surface area contributed by atoms with E-state index in [-0.39, 0.29) is 17.1 Å². The first kappa shape index (κ1) is 16.8. The quantitative estimate of drug-likeness (QED) is 0.334. The molecule has 2 aromatic rings. The van der Waals surface area contributed by atoms with Gasteiger partial charge in [0, 0.05) is 5.82 Å². The first-order valence-electron chi connectivity index (χ1n) is 6.66. The van der Waals surface area contributed by atoms with Crippen LogP contribution in [0.4, 0.5) is 5.95 Å². The Kier molecular flexibility index (Phi) is 4.03. The van der Waals surface area contributed by atoms with Gasteiger partial charge >= 0.3 is 7.60 Å². The van der Waals surface area contributed by atoms with Gasteiger partial charge in [-0.25, -0.2) is 4.98 Å². The highest BCUT2D eigenvalue weighted by atomic mass is 31.2. The second-order valence-electron chi connectivity index (χ2n) is 5.18. The van der Waals surface area contributed by atoms with Gasteiger partial charge in [-0.3, -0.25) is 18.9 Å². The van der Waals surface area contributed by atoms with Crippen LogP contribution in [0.25, 0.3) is 11.2 Å². The number of nitrogens with two attached hydrogens (primary N) is 1. The average Bonchev–Trinajstić information content (AvgIpc) is 3.00. The van der Waals surface area contributed by atoms with Crippen LogP contribution in [-0.4, -0.2) is 57.8 Å². The van der Waals surface area contributed by atoms with Crippen LogP contribution < -0.4 is 11.3 Å². The first-order chi connectivity index (χ1) is 11.2. The van der Waals surface area contributed by atoms with Crippen molar-refractivity contribution in [3.8, 4) is 0 Å². The van der Waals surface area contributed by atoms with Crippen LogP contribution in [0.1, 0.15) is 6.23 Å². The molecule has 0 amide bonds. The van der Waals surface area contributed by atoms with Crippen molar-refractivity contribution in [3.05, 3.63) is 28.6 Å². The molecular formula is C11H14N5O7P. The molecule has 1 aliphatic heterocycles. The summed E-state index contributed by atoms with van der Waals surface area (Å²) in [4.78, 5) is 39.5. The number of aromatic amines is 1. The van der Waals surface area contributed by atoms with Gasteiger partial charge < -0.3 is 30.5 Å². The van der Waals surface area contributed by atoms with E-state index in [0.29, 0.717) is 5.82 Å². The van der Waals surface area contributed by atoms with E-state index in [4.69, 9.17) is 20.3 Å². The summed E-state index contributed by atoms with van der Waals surface area (Å²) in [6.07, 6.45) is -3.10. The largest absolute Gasteiger partial charge is 0.387 e. The summed E-state index contributed by atoms with van der Waals surface area (Å²) in [6, 6.07) is 0. The molecule has 13 heteroatoms. The van der Waals surface area contributed by atoms with Gasteiger partial charge in [-0.05, 0) is 6.08 Å². The van der Waals surface area contributed by atoms with Gasteiger partial charge in [-0.15, -0.1) is 0 Å². The molecule has 0 spiro atoms. The second-order valence-corrected chi connectivity index (χ2v) is 6.65. The van der Waals surface area contributed by atoms with Crippen LogP contribution in [-0.2, 0) is 9.30 Å². The number of ether oxygens (including phenoxy) is 1. The number of anilines is 1. The van der Waals surface area contributed by atoms with Crippen molar-refractivity contribution in [3.63, 3.8) is 0 Å². The standard InChI is InChI=1S/C11H14N5O7P/c12-11-14-8-5(9(19)15-11)13-3-16(8)10-7(18)6(17)4(23-10)1-2-24(20,21)22/h1-4,6-7,10,17-18H,(H2,20,21,22)(H3,12,14,15,19)/b2-1-/t4-,6+,7?,10-/m1/s1. The molecule has 0 bridgehead atoms. The Morgan fingerprint density at radius 1 is 1.38 bits per heavy atom. The highest BCUT2D eigenvalue weighted by Crippen LogP contribution is 2.38. The summed E-state index contributed by atoms with van der Waals surface area (Å²) in [7, 11) is -4.44. The first-order valence-corrected chi connectivity index (χ1v) is 8.34. The fourth-order valence-corrected chi connectivity index (χ4v) is 2.79. The van der Waals surface area contributed by atoms with Gasteiger partial charge in [-0.2, -0.15) is 4.98 Å². The zero-order valence-corrected chi connectivity index (χ0v) is 12.8. The van der Waals surface area contributed by atoms with Gasteiger partial charge in [0.1, 0.15) is 18.3 Å². The number of hydrogen-bond donors (Lipinski definition) is 6. The number of H-pyrrole nitrogens is 1. The predicted octanol–water partition coefficient (Wildman–Crippen LogP) is -1.99. The predicted molar refractivity (Wildman–Crippen MR) is 79.7 cm³/mol. The van der Waals surface area contributed by atoms with Gasteiger partial charge in [0.05, 0.1) is 6.33 Å². The van der Waals surface area contributed by atoms with Crippen molar-refractivity contribution in [2.24, 2.45) is 0 Å². The number of imidazole rings is 1. The maximum Gasteiger partial charge on any atom is 0.348 e. The molecule has 24 heavy (non-hydrogen) atoms. The number of aromatic nitrogens is 4. The summed E-state index contributed by atoms with van der Waals surface area (Å²) < 4.78 is 17.5. The highest BCUT2D eigenvalue weighted by Gasteiger charge is 2.43. The third-order valence-corrected chi connectivity index (χ3v) is 4.03. The van der Waals surface area contributed by atoms with Crippen molar-refractivity contribution in [1.29, 1.82) is 0 Å². The van der Waals surface area contributed by atoms with Crippen LogP contribution in [0.3, 0.4) is 0 Å². The number of aliphatic hydroxyl groups is 2. The van der Waals surface area contributed by atoms with E-state index in [1.165, 1.54) is 10.9 Å². The maximum absolute atomic E-state index is 11.7. The van der Waals surface area contributed by atoms with E-state index in [2.05, 4.69) is 15.0 Å². The summed E-state index contributed by atoms with van der Waals surface area (Å²) in [5, 5.41) is 20.1. The number of rotatable bonds is 3. The lowest BCUT2D eigenvalue weighted by atomic mass is 10.1. The molecule has 1 aliphatic rings. The SMILES string of the molecule is Nc1nc2c(ncn2[C@@H]2O[C@H](/C=C\P(=O)(O)O)[C@H](O)C2O)c(=O)[nH]1.